The van der Waals surface area contributed by atoms with Crippen LogP contribution in [0.1, 0.15) is 70.1 Å². The summed E-state index contributed by atoms with van der Waals surface area (Å²) in [5.41, 5.74) is 3.58. The van der Waals surface area contributed by atoms with Crippen molar-refractivity contribution in [2.75, 3.05) is 18.9 Å². The molecule has 192 valence electrons. The molecule has 0 radical (unpaired) electrons. The van der Waals surface area contributed by atoms with Crippen LogP contribution in [-0.4, -0.2) is 46.0 Å². The SMILES string of the molecule is CC[C@@]1(O)CC[C@@]2(Cc3ccccc3)c3ccc(C(=O)Nc4cccnc4C)cc3C(=O)N(C)C[C@H]2C1. The van der Waals surface area contributed by atoms with Crippen molar-refractivity contribution in [2.45, 2.75) is 57.0 Å². The topological polar surface area (TPSA) is 82.5 Å². The van der Waals surface area contributed by atoms with Crippen LogP contribution < -0.4 is 5.32 Å². The first-order chi connectivity index (χ1) is 17.7. The Balaban J connectivity index is 1.60. The van der Waals surface area contributed by atoms with Crippen molar-refractivity contribution in [1.29, 1.82) is 0 Å². The maximum absolute atomic E-state index is 13.7. The van der Waals surface area contributed by atoms with E-state index in [1.165, 1.54) is 5.56 Å². The molecule has 6 nitrogen and oxygen atoms in total. The van der Waals surface area contributed by atoms with Gasteiger partial charge in [0.15, 0.2) is 0 Å². The van der Waals surface area contributed by atoms with E-state index in [-0.39, 0.29) is 23.1 Å². The number of rotatable bonds is 5. The Morgan fingerprint density at radius 2 is 1.92 bits per heavy atom. The smallest absolute Gasteiger partial charge is 0.255 e. The molecule has 2 heterocycles. The molecule has 37 heavy (non-hydrogen) atoms. The molecule has 0 spiro atoms. The fraction of sp³-hybridized carbons (Fsp3) is 0.387. The van der Waals surface area contributed by atoms with E-state index < -0.39 is 5.60 Å². The van der Waals surface area contributed by atoms with E-state index >= 15 is 0 Å². The number of aliphatic hydroxyl groups is 1. The van der Waals surface area contributed by atoms with Crippen LogP contribution in [0.25, 0.3) is 0 Å². The molecular formula is C31H35N3O3. The lowest BCUT2D eigenvalue weighted by Crippen LogP contribution is -2.51. The third-order valence-electron chi connectivity index (χ3n) is 8.61. The second kappa shape index (κ2) is 9.75. The van der Waals surface area contributed by atoms with Gasteiger partial charge in [-0.2, -0.15) is 0 Å². The van der Waals surface area contributed by atoms with Gasteiger partial charge in [-0.25, -0.2) is 0 Å². The summed E-state index contributed by atoms with van der Waals surface area (Å²) >= 11 is 0. The first-order valence-corrected chi connectivity index (χ1v) is 13.1. The minimum atomic E-state index is -0.722. The number of aryl methyl sites for hydroxylation is 1. The Morgan fingerprint density at radius 1 is 1.14 bits per heavy atom. The number of amides is 2. The van der Waals surface area contributed by atoms with E-state index in [9.17, 15) is 14.7 Å². The molecule has 1 aliphatic carbocycles. The van der Waals surface area contributed by atoms with Crippen LogP contribution in [0.5, 0.6) is 0 Å². The van der Waals surface area contributed by atoms with Crippen molar-refractivity contribution in [1.82, 2.24) is 9.88 Å². The van der Waals surface area contributed by atoms with Crippen LogP contribution in [0.2, 0.25) is 0 Å². The molecule has 2 N–H and O–H groups in total. The molecule has 1 fully saturated rings. The van der Waals surface area contributed by atoms with Gasteiger partial charge in [0.2, 0.25) is 0 Å². The number of nitrogens with one attached hydrogen (secondary N) is 1. The summed E-state index contributed by atoms with van der Waals surface area (Å²) in [6.45, 7) is 4.46. The maximum atomic E-state index is 13.7. The van der Waals surface area contributed by atoms with Crippen molar-refractivity contribution in [3.63, 3.8) is 0 Å². The van der Waals surface area contributed by atoms with Gasteiger partial charge in [0.05, 0.1) is 17.0 Å². The molecule has 1 saturated carbocycles. The highest BCUT2D eigenvalue weighted by molar-refractivity contribution is 6.07. The normalized spacial score (nSPS) is 25.1. The molecule has 2 aliphatic rings. The molecule has 0 saturated heterocycles. The highest BCUT2D eigenvalue weighted by Gasteiger charge is 2.52. The molecule has 5 rings (SSSR count). The Morgan fingerprint density at radius 3 is 2.65 bits per heavy atom. The lowest BCUT2D eigenvalue weighted by molar-refractivity contribution is -0.0515. The van der Waals surface area contributed by atoms with Gasteiger partial charge in [-0.3, -0.25) is 14.6 Å². The average Bonchev–Trinajstić information content (AvgIpc) is 2.99. The molecule has 0 bridgehead atoms. The third kappa shape index (κ3) is 4.66. The zero-order chi connectivity index (χ0) is 26.2. The molecule has 3 aromatic rings. The minimum absolute atomic E-state index is 0.0796. The minimum Gasteiger partial charge on any atom is -0.390 e. The van der Waals surface area contributed by atoms with Gasteiger partial charge in [-0.15, -0.1) is 0 Å². The van der Waals surface area contributed by atoms with E-state index in [2.05, 4.69) is 34.6 Å². The van der Waals surface area contributed by atoms with Crippen LogP contribution >= 0.6 is 0 Å². The van der Waals surface area contributed by atoms with Gasteiger partial charge in [0.25, 0.3) is 11.8 Å². The van der Waals surface area contributed by atoms with Crippen LogP contribution in [-0.2, 0) is 11.8 Å². The lowest BCUT2D eigenvalue weighted by Gasteiger charge is -2.50. The maximum Gasteiger partial charge on any atom is 0.255 e. The van der Waals surface area contributed by atoms with Gasteiger partial charge < -0.3 is 15.3 Å². The number of pyridine rings is 1. The number of benzene rings is 2. The van der Waals surface area contributed by atoms with E-state index in [0.29, 0.717) is 42.6 Å². The summed E-state index contributed by atoms with van der Waals surface area (Å²) in [6.07, 6.45) is 5.29. The summed E-state index contributed by atoms with van der Waals surface area (Å²) in [4.78, 5) is 32.9. The lowest BCUT2D eigenvalue weighted by atomic mass is 9.56. The van der Waals surface area contributed by atoms with Crippen molar-refractivity contribution in [2.24, 2.45) is 5.92 Å². The van der Waals surface area contributed by atoms with Crippen LogP contribution in [0, 0.1) is 12.8 Å². The standard InChI is InChI=1S/C31H35N3O3/c1-4-30(37)14-15-31(18-22-9-6-5-7-10-22)24(19-30)20-34(3)29(36)25-17-23(12-13-26(25)31)28(35)33-27-11-8-16-32-21(27)2/h5-13,16-17,24,37H,4,14-15,18-20H2,1-3H3,(H,33,35)/t24-,30-,31+/m1/s1. The quantitative estimate of drug-likeness (QED) is 0.511. The number of hydrogen-bond acceptors (Lipinski definition) is 4. The molecule has 0 unspecified atom stereocenters. The Kier molecular flexibility index (Phi) is 6.63. The van der Waals surface area contributed by atoms with E-state index in [0.717, 1.165) is 24.1 Å². The number of anilines is 1. The summed E-state index contributed by atoms with van der Waals surface area (Å²) in [5, 5.41) is 14.2. The summed E-state index contributed by atoms with van der Waals surface area (Å²) in [7, 11) is 1.83. The highest BCUT2D eigenvalue weighted by atomic mass is 16.3. The largest absolute Gasteiger partial charge is 0.390 e. The van der Waals surface area contributed by atoms with E-state index in [1.807, 2.05) is 45.2 Å². The van der Waals surface area contributed by atoms with Gasteiger partial charge in [0, 0.05) is 36.3 Å². The molecular weight excluding hydrogens is 462 g/mol. The van der Waals surface area contributed by atoms with Gasteiger partial charge in [-0.1, -0.05) is 43.3 Å². The van der Waals surface area contributed by atoms with Crippen LogP contribution in [0.15, 0.2) is 66.9 Å². The van der Waals surface area contributed by atoms with Gasteiger partial charge in [0.1, 0.15) is 0 Å². The molecule has 3 atom stereocenters. The number of fused-ring (bicyclic) bond motifs is 3. The predicted octanol–water partition coefficient (Wildman–Crippen LogP) is 5.15. The second-order valence-corrected chi connectivity index (χ2v) is 10.8. The number of hydrogen-bond donors (Lipinski definition) is 2. The van der Waals surface area contributed by atoms with Gasteiger partial charge >= 0.3 is 0 Å². The third-order valence-corrected chi connectivity index (χ3v) is 8.61. The average molecular weight is 498 g/mol. The number of aromatic nitrogens is 1. The summed E-state index contributed by atoms with van der Waals surface area (Å²) in [6, 6.07) is 19.6. The first kappa shape index (κ1) is 25.2. The zero-order valence-electron chi connectivity index (χ0n) is 21.8. The number of carbonyl (C=O) groups excluding carboxylic acids is 2. The molecule has 2 aromatic carbocycles. The number of carbonyl (C=O) groups is 2. The van der Waals surface area contributed by atoms with Gasteiger partial charge in [-0.05, 0) is 80.3 Å². The fourth-order valence-electron chi connectivity index (χ4n) is 6.35. The molecule has 6 heteroatoms. The monoisotopic (exact) mass is 497 g/mol. The summed E-state index contributed by atoms with van der Waals surface area (Å²) < 4.78 is 0. The fourth-order valence-corrected chi connectivity index (χ4v) is 6.35. The molecule has 1 aliphatic heterocycles. The van der Waals surface area contributed by atoms with E-state index in [1.54, 1.807) is 23.2 Å². The summed E-state index contributed by atoms with van der Waals surface area (Å²) in [5.74, 6) is -0.250. The second-order valence-electron chi connectivity index (χ2n) is 10.8. The van der Waals surface area contributed by atoms with Crippen molar-refractivity contribution in [3.8, 4) is 0 Å². The Labute approximate surface area is 218 Å². The van der Waals surface area contributed by atoms with Crippen LogP contribution in [0.3, 0.4) is 0 Å². The molecule has 2 amide bonds. The Bertz CT molecular complexity index is 1320. The van der Waals surface area contributed by atoms with Crippen molar-refractivity contribution < 1.29 is 14.7 Å². The first-order valence-electron chi connectivity index (χ1n) is 13.1. The highest BCUT2D eigenvalue weighted by Crippen LogP contribution is 2.52. The van der Waals surface area contributed by atoms with Crippen LogP contribution in [0.4, 0.5) is 5.69 Å². The van der Waals surface area contributed by atoms with Crippen molar-refractivity contribution in [3.05, 3.63) is 94.8 Å². The Hall–Kier alpha value is -3.51. The predicted molar refractivity (Wildman–Crippen MR) is 145 cm³/mol. The van der Waals surface area contributed by atoms with Crippen molar-refractivity contribution >= 4 is 17.5 Å². The number of nitrogens with zero attached hydrogens (tertiary/aromatic N) is 2. The molecule has 1 aromatic heterocycles. The van der Waals surface area contributed by atoms with E-state index in [4.69, 9.17) is 0 Å². The zero-order valence-corrected chi connectivity index (χ0v) is 21.8.